The minimum Gasteiger partial charge on any atom is -0.444 e. The number of nitrogens with one attached hydrogen (secondary N) is 1. The van der Waals surface area contributed by atoms with Crippen molar-refractivity contribution in [2.75, 3.05) is 42.6 Å². The number of fused-ring (bicyclic) bond motifs is 1. The largest absolute Gasteiger partial charge is 0.444 e. The van der Waals surface area contributed by atoms with E-state index < -0.39 is 16.7 Å². The molecule has 0 aliphatic carbocycles. The highest BCUT2D eigenvalue weighted by molar-refractivity contribution is 5.85. The Hall–Kier alpha value is -3.65. The lowest BCUT2D eigenvalue weighted by atomic mass is 10.1. The highest BCUT2D eigenvalue weighted by Gasteiger charge is 2.30. The van der Waals surface area contributed by atoms with Gasteiger partial charge in [0.2, 0.25) is 5.95 Å². The molecule has 3 aromatic rings. The first-order valence-electron chi connectivity index (χ1n) is 11.3. The molecule has 11 nitrogen and oxygen atoms in total. The Morgan fingerprint density at radius 1 is 1.08 bits per heavy atom. The minimum atomic E-state index is -4.34. The van der Waals surface area contributed by atoms with E-state index in [1.807, 2.05) is 9.80 Å². The number of nitrogens with zero attached hydrogens (tertiary/aromatic N) is 7. The van der Waals surface area contributed by atoms with E-state index >= 15 is 0 Å². The molecule has 1 fully saturated rings. The van der Waals surface area contributed by atoms with Gasteiger partial charge in [-0.15, -0.1) is 12.4 Å². The zero-order valence-corrected chi connectivity index (χ0v) is 20.3. The van der Waals surface area contributed by atoms with Gasteiger partial charge >= 0.3 is 18.0 Å². The van der Waals surface area contributed by atoms with Gasteiger partial charge in [-0.2, -0.15) is 13.2 Å². The minimum absolute atomic E-state index is 0. The Bertz CT molecular complexity index is 1220. The lowest BCUT2D eigenvalue weighted by molar-refractivity contribution is -0.389. The number of piperazine rings is 1. The molecule has 2 aromatic heterocycles. The van der Waals surface area contributed by atoms with Crippen LogP contribution in [0.4, 0.5) is 30.6 Å². The number of nitro groups is 1. The summed E-state index contributed by atoms with van der Waals surface area (Å²) in [5, 5.41) is 14.2. The molecule has 0 spiro atoms. The maximum absolute atomic E-state index is 12.8. The van der Waals surface area contributed by atoms with Crippen LogP contribution < -0.4 is 19.9 Å². The standard InChI is InChI=1S/C22H23F3N8O3.ClH/c23-22(24,25)16-1-3-18(4-2-16)30-5-7-31(8-6-30)20-27-10-15(11-28-20)9-26-17-12-32-13-19(33(34)35)29-21(32)36-14-17;/h1-4,10-11,13,17,26H,5-9,12,14H2;1H. The predicted octanol–water partition coefficient (Wildman–Crippen LogP) is 2.90. The smallest absolute Gasteiger partial charge is 0.416 e. The van der Waals surface area contributed by atoms with Crippen LogP contribution in [0.1, 0.15) is 11.1 Å². The maximum atomic E-state index is 12.8. The average Bonchev–Trinajstić information content (AvgIpc) is 3.32. The molecule has 1 unspecified atom stereocenters. The van der Waals surface area contributed by atoms with Crippen LogP contribution in [0.2, 0.25) is 0 Å². The molecule has 0 bridgehead atoms. The molecule has 0 amide bonds. The molecule has 1 atom stereocenters. The topological polar surface area (TPSA) is 114 Å². The number of benzene rings is 1. The van der Waals surface area contributed by atoms with E-state index in [0.29, 0.717) is 51.8 Å². The second kappa shape index (κ2) is 10.8. The van der Waals surface area contributed by atoms with E-state index in [1.165, 1.54) is 18.3 Å². The van der Waals surface area contributed by atoms with Crippen LogP contribution in [0.15, 0.2) is 42.9 Å². The van der Waals surface area contributed by atoms with Crippen LogP contribution in [0.3, 0.4) is 0 Å². The first-order chi connectivity index (χ1) is 17.3. The van der Waals surface area contributed by atoms with E-state index in [4.69, 9.17) is 4.74 Å². The highest BCUT2D eigenvalue weighted by Crippen LogP contribution is 2.31. The monoisotopic (exact) mass is 540 g/mol. The fourth-order valence-electron chi connectivity index (χ4n) is 4.20. The van der Waals surface area contributed by atoms with Gasteiger partial charge in [-0.1, -0.05) is 0 Å². The number of imidazole rings is 1. The molecule has 5 rings (SSSR count). The summed E-state index contributed by atoms with van der Waals surface area (Å²) in [5.41, 5.74) is 0.984. The van der Waals surface area contributed by atoms with Gasteiger partial charge < -0.3 is 30.0 Å². The molecule has 1 N–H and O–H groups in total. The summed E-state index contributed by atoms with van der Waals surface area (Å²) in [7, 11) is 0. The number of aromatic nitrogens is 4. The van der Waals surface area contributed by atoms with Gasteiger partial charge in [0.1, 0.15) is 12.8 Å². The summed E-state index contributed by atoms with van der Waals surface area (Å²) in [4.78, 5) is 27.2. The number of halogens is 4. The van der Waals surface area contributed by atoms with Gasteiger partial charge in [0.25, 0.3) is 0 Å². The zero-order valence-electron chi connectivity index (χ0n) is 19.5. The number of rotatable bonds is 6. The normalized spacial score (nSPS) is 17.5. The lowest BCUT2D eigenvalue weighted by Crippen LogP contribution is -2.47. The molecular formula is C22H24ClF3N8O3. The molecule has 198 valence electrons. The Kier molecular flexibility index (Phi) is 7.68. The molecule has 2 aliphatic heterocycles. The van der Waals surface area contributed by atoms with Crippen LogP contribution in [0.25, 0.3) is 0 Å². The molecule has 15 heteroatoms. The van der Waals surface area contributed by atoms with Gasteiger partial charge in [0.05, 0.1) is 11.6 Å². The third-order valence-electron chi connectivity index (χ3n) is 6.15. The van der Waals surface area contributed by atoms with Gasteiger partial charge in [-0.25, -0.2) is 9.97 Å². The van der Waals surface area contributed by atoms with Gasteiger partial charge in [0, 0.05) is 67.9 Å². The third-order valence-corrected chi connectivity index (χ3v) is 6.15. The maximum Gasteiger partial charge on any atom is 0.416 e. The fraction of sp³-hybridized carbons (Fsp3) is 0.409. The van der Waals surface area contributed by atoms with Crippen LogP contribution in [-0.2, 0) is 19.3 Å². The Morgan fingerprint density at radius 3 is 2.35 bits per heavy atom. The second-order valence-corrected chi connectivity index (χ2v) is 8.59. The Labute approximate surface area is 215 Å². The van der Waals surface area contributed by atoms with Crippen molar-refractivity contribution >= 4 is 29.9 Å². The van der Waals surface area contributed by atoms with E-state index in [9.17, 15) is 23.3 Å². The predicted molar refractivity (Wildman–Crippen MR) is 130 cm³/mol. The summed E-state index contributed by atoms with van der Waals surface area (Å²) in [5.74, 6) is 0.358. The Balaban J connectivity index is 0.00000320. The fourth-order valence-corrected chi connectivity index (χ4v) is 4.20. The first kappa shape index (κ1) is 26.4. The van der Waals surface area contributed by atoms with Crippen LogP contribution in [0.5, 0.6) is 6.01 Å². The van der Waals surface area contributed by atoms with Crippen molar-refractivity contribution in [3.05, 3.63) is 64.1 Å². The van der Waals surface area contributed by atoms with Crippen LogP contribution >= 0.6 is 12.4 Å². The van der Waals surface area contributed by atoms with E-state index in [2.05, 4.69) is 20.3 Å². The van der Waals surface area contributed by atoms with Crippen molar-refractivity contribution in [1.82, 2.24) is 24.8 Å². The van der Waals surface area contributed by atoms with Gasteiger partial charge in [-0.05, 0) is 29.2 Å². The Morgan fingerprint density at radius 2 is 1.73 bits per heavy atom. The molecule has 0 radical (unpaired) electrons. The summed E-state index contributed by atoms with van der Waals surface area (Å²) >= 11 is 0. The molecule has 2 aliphatic rings. The second-order valence-electron chi connectivity index (χ2n) is 8.59. The summed E-state index contributed by atoms with van der Waals surface area (Å²) < 4.78 is 45.5. The highest BCUT2D eigenvalue weighted by atomic mass is 35.5. The van der Waals surface area contributed by atoms with Crippen molar-refractivity contribution in [1.29, 1.82) is 0 Å². The summed E-state index contributed by atoms with van der Waals surface area (Å²) in [6.07, 6.45) is 0.509. The van der Waals surface area contributed by atoms with Crippen molar-refractivity contribution < 1.29 is 22.8 Å². The number of alkyl halides is 3. The van der Waals surface area contributed by atoms with E-state index in [1.54, 1.807) is 17.0 Å². The molecule has 4 heterocycles. The van der Waals surface area contributed by atoms with Crippen LogP contribution in [-0.4, -0.2) is 63.3 Å². The van der Waals surface area contributed by atoms with Crippen molar-refractivity contribution in [2.45, 2.75) is 25.3 Å². The van der Waals surface area contributed by atoms with Gasteiger partial charge in [-0.3, -0.25) is 4.57 Å². The number of ether oxygens (including phenoxy) is 1. The first-order valence-corrected chi connectivity index (χ1v) is 11.3. The number of anilines is 2. The average molecular weight is 541 g/mol. The van der Waals surface area contributed by atoms with Crippen LogP contribution in [0, 0.1) is 10.1 Å². The number of hydrogen-bond donors (Lipinski definition) is 1. The number of hydrogen-bond acceptors (Lipinski definition) is 9. The molecule has 1 saturated heterocycles. The van der Waals surface area contributed by atoms with Crippen molar-refractivity contribution in [3.8, 4) is 6.01 Å². The van der Waals surface area contributed by atoms with E-state index in [-0.39, 0.29) is 30.3 Å². The lowest BCUT2D eigenvalue weighted by Gasteiger charge is -2.36. The van der Waals surface area contributed by atoms with Crippen molar-refractivity contribution in [2.24, 2.45) is 0 Å². The third kappa shape index (κ3) is 6.02. The summed E-state index contributed by atoms with van der Waals surface area (Å²) in [6.45, 7) is 3.94. The molecule has 37 heavy (non-hydrogen) atoms. The summed E-state index contributed by atoms with van der Waals surface area (Å²) in [6, 6.07) is 5.41. The van der Waals surface area contributed by atoms with Crippen molar-refractivity contribution in [3.63, 3.8) is 0 Å². The zero-order chi connectivity index (χ0) is 25.3. The molecular weight excluding hydrogens is 517 g/mol. The van der Waals surface area contributed by atoms with Gasteiger partial charge in [0.15, 0.2) is 0 Å². The van der Waals surface area contributed by atoms with E-state index in [0.717, 1.165) is 23.4 Å². The molecule has 0 saturated carbocycles. The SMILES string of the molecule is Cl.O=[N+]([O-])c1cn2c(n1)OCC(NCc1cnc(N3CCN(c4ccc(C(F)(F)F)cc4)CC3)nc1)C2. The quantitative estimate of drug-likeness (QED) is 0.372. The molecule has 1 aromatic carbocycles.